The van der Waals surface area contributed by atoms with Crippen molar-refractivity contribution in [2.75, 3.05) is 19.8 Å². The molecule has 0 saturated carbocycles. The second kappa shape index (κ2) is 5.81. The van der Waals surface area contributed by atoms with Gasteiger partial charge in [-0.1, -0.05) is 0 Å². The zero-order valence-corrected chi connectivity index (χ0v) is 9.44. The molecule has 0 bridgehead atoms. The Hall–Kier alpha value is -1.37. The van der Waals surface area contributed by atoms with Gasteiger partial charge in [-0.25, -0.2) is 0 Å². The smallest absolute Gasteiger partial charge is 0.290 e. The summed E-state index contributed by atoms with van der Waals surface area (Å²) in [6.07, 6.45) is 2.14. The molecule has 1 fully saturated rings. The maximum atomic E-state index is 11.1. The number of aromatic nitrogens is 1. The molecule has 0 aromatic carbocycles. The summed E-state index contributed by atoms with van der Waals surface area (Å²) in [6.45, 7) is 2.46. The van der Waals surface area contributed by atoms with E-state index in [0.29, 0.717) is 31.9 Å². The Morgan fingerprint density at radius 3 is 3.00 bits per heavy atom. The lowest BCUT2D eigenvalue weighted by Gasteiger charge is -2.10. The van der Waals surface area contributed by atoms with E-state index >= 15 is 0 Å². The first-order valence-corrected chi connectivity index (χ1v) is 5.61. The lowest BCUT2D eigenvalue weighted by Crippen LogP contribution is -2.21. The molecule has 3 N–H and O–H groups in total. The molecule has 17 heavy (non-hydrogen) atoms. The fraction of sp³-hybridized carbons (Fsp3) is 0.545. The molecule has 1 aromatic rings. The lowest BCUT2D eigenvalue weighted by atomic mass is 10.2. The van der Waals surface area contributed by atoms with Crippen LogP contribution in [-0.4, -0.2) is 36.1 Å². The Morgan fingerprint density at radius 2 is 2.24 bits per heavy atom. The minimum absolute atomic E-state index is 0.129. The van der Waals surface area contributed by atoms with E-state index in [1.165, 1.54) is 6.20 Å². The number of rotatable bonds is 5. The molecular weight excluding hydrogens is 224 g/mol. The average Bonchev–Trinajstić information content (AvgIpc) is 2.83. The van der Waals surface area contributed by atoms with Crippen molar-refractivity contribution < 1.29 is 14.6 Å². The second-order valence-electron chi connectivity index (χ2n) is 3.82. The number of ether oxygens (including phenoxy) is 2. The average molecular weight is 240 g/mol. The molecule has 1 aromatic heterocycles. The quantitative estimate of drug-likeness (QED) is 0.628. The highest BCUT2D eigenvalue weighted by Crippen LogP contribution is 2.09. The van der Waals surface area contributed by atoms with Crippen molar-refractivity contribution >= 4 is 0 Å². The van der Waals surface area contributed by atoms with Crippen LogP contribution in [0.4, 0.5) is 0 Å². The number of pyridine rings is 1. The Balaban J connectivity index is 1.74. The minimum atomic E-state index is -0.466. The van der Waals surface area contributed by atoms with Gasteiger partial charge in [0.05, 0.1) is 13.2 Å². The fourth-order valence-corrected chi connectivity index (χ4v) is 1.67. The molecule has 2 heterocycles. The molecular formula is C11H16N2O4. The second-order valence-corrected chi connectivity index (χ2v) is 3.82. The highest BCUT2D eigenvalue weighted by atomic mass is 16.7. The molecule has 0 spiro atoms. The van der Waals surface area contributed by atoms with Gasteiger partial charge in [0.25, 0.3) is 5.56 Å². The van der Waals surface area contributed by atoms with Crippen LogP contribution in [0.5, 0.6) is 5.75 Å². The Kier molecular flexibility index (Phi) is 4.13. The number of aromatic amines is 1. The van der Waals surface area contributed by atoms with E-state index in [1.54, 1.807) is 6.07 Å². The van der Waals surface area contributed by atoms with Crippen LogP contribution in [0.1, 0.15) is 12.0 Å². The van der Waals surface area contributed by atoms with Crippen molar-refractivity contribution in [2.24, 2.45) is 0 Å². The molecule has 1 saturated heterocycles. The largest absolute Gasteiger partial charge is 0.503 e. The van der Waals surface area contributed by atoms with Crippen LogP contribution in [0.2, 0.25) is 0 Å². The van der Waals surface area contributed by atoms with Crippen molar-refractivity contribution in [3.8, 4) is 5.75 Å². The molecule has 94 valence electrons. The number of hydrogen-bond donors (Lipinski definition) is 3. The molecule has 6 heteroatoms. The van der Waals surface area contributed by atoms with Gasteiger partial charge >= 0.3 is 0 Å². The van der Waals surface area contributed by atoms with E-state index in [1.807, 2.05) is 0 Å². The molecule has 2 rings (SSSR count). The molecule has 0 atom stereocenters. The highest BCUT2D eigenvalue weighted by molar-refractivity contribution is 5.27. The van der Waals surface area contributed by atoms with Gasteiger partial charge in [0.1, 0.15) is 0 Å². The Morgan fingerprint density at radius 1 is 1.47 bits per heavy atom. The number of aromatic hydroxyl groups is 1. The van der Waals surface area contributed by atoms with Gasteiger partial charge in [0.15, 0.2) is 12.0 Å². The Bertz CT molecular complexity index is 412. The number of nitrogens with one attached hydrogen (secondary N) is 2. The summed E-state index contributed by atoms with van der Waals surface area (Å²) >= 11 is 0. The lowest BCUT2D eigenvalue weighted by molar-refractivity contribution is -0.0459. The van der Waals surface area contributed by atoms with Crippen molar-refractivity contribution in [2.45, 2.75) is 19.3 Å². The first-order chi connectivity index (χ1) is 8.27. The van der Waals surface area contributed by atoms with Gasteiger partial charge in [0.2, 0.25) is 0 Å². The summed E-state index contributed by atoms with van der Waals surface area (Å²) in [5.74, 6) is -0.228. The van der Waals surface area contributed by atoms with Gasteiger partial charge in [-0.15, -0.1) is 0 Å². The summed E-state index contributed by atoms with van der Waals surface area (Å²) in [4.78, 5) is 13.5. The van der Waals surface area contributed by atoms with Crippen molar-refractivity contribution in [1.29, 1.82) is 0 Å². The third kappa shape index (κ3) is 3.29. The van der Waals surface area contributed by atoms with Crippen LogP contribution in [-0.2, 0) is 16.0 Å². The number of hydrogen-bond acceptors (Lipinski definition) is 5. The van der Waals surface area contributed by atoms with Crippen LogP contribution in [0.15, 0.2) is 17.1 Å². The van der Waals surface area contributed by atoms with Gasteiger partial charge in [-0.05, 0) is 6.07 Å². The van der Waals surface area contributed by atoms with Crippen LogP contribution < -0.4 is 10.9 Å². The first-order valence-electron chi connectivity index (χ1n) is 5.61. The van der Waals surface area contributed by atoms with Crippen molar-refractivity contribution in [3.05, 3.63) is 28.2 Å². The van der Waals surface area contributed by atoms with Gasteiger partial charge in [-0.3, -0.25) is 4.79 Å². The molecule has 0 radical (unpaired) electrons. The first kappa shape index (κ1) is 12.1. The van der Waals surface area contributed by atoms with Gasteiger partial charge in [-0.2, -0.15) is 0 Å². The van der Waals surface area contributed by atoms with E-state index in [2.05, 4.69) is 10.3 Å². The van der Waals surface area contributed by atoms with Crippen molar-refractivity contribution in [1.82, 2.24) is 10.3 Å². The van der Waals surface area contributed by atoms with E-state index in [-0.39, 0.29) is 12.0 Å². The monoisotopic (exact) mass is 240 g/mol. The van der Waals surface area contributed by atoms with E-state index in [9.17, 15) is 9.90 Å². The van der Waals surface area contributed by atoms with Crippen LogP contribution in [0.25, 0.3) is 0 Å². The maximum absolute atomic E-state index is 11.1. The molecule has 0 amide bonds. The van der Waals surface area contributed by atoms with Crippen LogP contribution >= 0.6 is 0 Å². The maximum Gasteiger partial charge on any atom is 0.290 e. The van der Waals surface area contributed by atoms with E-state index < -0.39 is 5.56 Å². The summed E-state index contributed by atoms with van der Waals surface area (Å²) < 4.78 is 10.6. The summed E-state index contributed by atoms with van der Waals surface area (Å²) in [5, 5.41) is 12.6. The highest BCUT2D eigenvalue weighted by Gasteiger charge is 2.14. The fourth-order valence-electron chi connectivity index (χ4n) is 1.67. The Labute approximate surface area is 98.6 Å². The topological polar surface area (TPSA) is 83.6 Å². The number of H-pyrrole nitrogens is 1. The van der Waals surface area contributed by atoms with E-state index in [0.717, 1.165) is 6.42 Å². The van der Waals surface area contributed by atoms with Crippen molar-refractivity contribution in [3.63, 3.8) is 0 Å². The van der Waals surface area contributed by atoms with Gasteiger partial charge in [0, 0.05) is 31.3 Å². The minimum Gasteiger partial charge on any atom is -0.503 e. The predicted octanol–water partition coefficient (Wildman–Crippen LogP) is -0.0669. The predicted molar refractivity (Wildman–Crippen MR) is 60.7 cm³/mol. The molecule has 0 aliphatic carbocycles. The molecule has 6 nitrogen and oxygen atoms in total. The SMILES string of the molecule is O=c1[nH]ccc(CNCCC2OCCO2)c1O. The standard InChI is InChI=1S/C11H16N2O4/c14-10-8(1-4-13-11(10)15)7-12-3-2-9-16-5-6-17-9/h1,4,9,12,14H,2-3,5-7H2,(H,13,15). The van der Waals surface area contributed by atoms with E-state index in [4.69, 9.17) is 9.47 Å². The van der Waals surface area contributed by atoms with Gasteiger partial charge < -0.3 is 24.9 Å². The van der Waals surface area contributed by atoms with Crippen LogP contribution in [0.3, 0.4) is 0 Å². The zero-order chi connectivity index (χ0) is 12.1. The summed E-state index contributed by atoms with van der Waals surface area (Å²) in [5.41, 5.74) is 0.119. The summed E-state index contributed by atoms with van der Waals surface area (Å²) in [6, 6.07) is 1.67. The third-order valence-electron chi connectivity index (χ3n) is 2.58. The molecule has 1 aliphatic heterocycles. The normalized spacial score (nSPS) is 16.5. The molecule has 0 unspecified atom stereocenters. The third-order valence-corrected chi connectivity index (χ3v) is 2.58. The molecule has 1 aliphatic rings. The zero-order valence-electron chi connectivity index (χ0n) is 9.44. The van der Waals surface area contributed by atoms with Crippen LogP contribution in [0, 0.1) is 0 Å². The summed E-state index contributed by atoms with van der Waals surface area (Å²) in [7, 11) is 0.